The lowest BCUT2D eigenvalue weighted by atomic mass is 10.2. The van der Waals surface area contributed by atoms with Crippen molar-refractivity contribution in [3.63, 3.8) is 0 Å². The average molecular weight is 479 g/mol. The lowest BCUT2D eigenvalue weighted by molar-refractivity contribution is -0.143. The number of hydroxylamine groups is 1. The van der Waals surface area contributed by atoms with Gasteiger partial charge in [-0.05, 0) is 24.3 Å². The number of amides is 2. The SMILES string of the molecule is COc1ccc(S(=O)(=O)N2CC(=O)N(CCN3CCOCC3)CC2C(=O)NO)cc1.Cl. The van der Waals surface area contributed by atoms with Gasteiger partial charge in [-0.15, -0.1) is 12.4 Å². The molecule has 0 bridgehead atoms. The number of methoxy groups -OCH3 is 1. The van der Waals surface area contributed by atoms with Crippen LogP contribution in [0.2, 0.25) is 0 Å². The van der Waals surface area contributed by atoms with Crippen molar-refractivity contribution in [2.75, 3.05) is 59.6 Å². The number of nitrogens with one attached hydrogen (secondary N) is 1. The normalized spacial score (nSPS) is 20.8. The molecule has 0 saturated carbocycles. The fourth-order valence-electron chi connectivity index (χ4n) is 3.47. The zero-order valence-corrected chi connectivity index (χ0v) is 18.7. The number of carbonyl (C=O) groups is 2. The summed E-state index contributed by atoms with van der Waals surface area (Å²) >= 11 is 0. The minimum absolute atomic E-state index is 0. The Morgan fingerprint density at radius 1 is 1.23 bits per heavy atom. The molecule has 2 aliphatic rings. The summed E-state index contributed by atoms with van der Waals surface area (Å²) in [7, 11) is -2.69. The van der Waals surface area contributed by atoms with Crippen molar-refractivity contribution in [2.45, 2.75) is 10.9 Å². The summed E-state index contributed by atoms with van der Waals surface area (Å²) in [6.45, 7) is 3.05. The molecule has 1 aromatic carbocycles. The molecule has 0 spiro atoms. The molecule has 2 amide bonds. The molecule has 2 N–H and O–H groups in total. The molecular formula is C18H27ClN4O7S. The van der Waals surface area contributed by atoms with Crippen molar-refractivity contribution >= 4 is 34.2 Å². The van der Waals surface area contributed by atoms with Crippen LogP contribution in [0.3, 0.4) is 0 Å². The Balaban J connectivity index is 0.00000341. The van der Waals surface area contributed by atoms with Gasteiger partial charge < -0.3 is 14.4 Å². The molecule has 0 aliphatic carbocycles. The summed E-state index contributed by atoms with van der Waals surface area (Å²) in [5.74, 6) is -0.819. The number of hydrogen-bond donors (Lipinski definition) is 2. The van der Waals surface area contributed by atoms with Gasteiger partial charge in [-0.1, -0.05) is 0 Å². The quantitative estimate of drug-likeness (QED) is 0.383. The minimum Gasteiger partial charge on any atom is -0.497 e. The molecule has 0 aromatic heterocycles. The number of sulfonamides is 1. The highest BCUT2D eigenvalue weighted by atomic mass is 35.5. The Morgan fingerprint density at radius 3 is 2.45 bits per heavy atom. The van der Waals surface area contributed by atoms with E-state index in [1.54, 1.807) is 0 Å². The number of nitrogens with zero attached hydrogens (tertiary/aromatic N) is 3. The lowest BCUT2D eigenvalue weighted by Crippen LogP contribution is -2.63. The van der Waals surface area contributed by atoms with E-state index in [-0.39, 0.29) is 23.8 Å². The van der Waals surface area contributed by atoms with E-state index >= 15 is 0 Å². The second kappa shape index (κ2) is 11.1. The molecule has 13 heteroatoms. The lowest BCUT2D eigenvalue weighted by Gasteiger charge is -2.39. The first-order valence-corrected chi connectivity index (χ1v) is 11.0. The summed E-state index contributed by atoms with van der Waals surface area (Å²) in [5.41, 5.74) is 1.52. The molecule has 1 aromatic rings. The van der Waals surface area contributed by atoms with Crippen molar-refractivity contribution in [3.8, 4) is 5.75 Å². The van der Waals surface area contributed by atoms with Gasteiger partial charge in [-0.25, -0.2) is 13.9 Å². The van der Waals surface area contributed by atoms with Crippen LogP contribution in [-0.4, -0.2) is 105 Å². The maximum atomic E-state index is 13.1. The van der Waals surface area contributed by atoms with Crippen molar-refractivity contribution in [1.29, 1.82) is 0 Å². The maximum Gasteiger partial charge on any atom is 0.263 e. The van der Waals surface area contributed by atoms with Gasteiger partial charge in [0, 0.05) is 32.7 Å². The molecule has 11 nitrogen and oxygen atoms in total. The number of morpholine rings is 1. The molecule has 2 fully saturated rings. The van der Waals surface area contributed by atoms with Crippen molar-refractivity contribution in [3.05, 3.63) is 24.3 Å². The second-order valence-corrected chi connectivity index (χ2v) is 8.90. The van der Waals surface area contributed by atoms with Crippen molar-refractivity contribution in [1.82, 2.24) is 19.6 Å². The Hall–Kier alpha value is -1.96. The molecular weight excluding hydrogens is 452 g/mol. The molecule has 2 aliphatic heterocycles. The Kier molecular flexibility index (Phi) is 9.03. The first kappa shape index (κ1) is 25.3. The van der Waals surface area contributed by atoms with Gasteiger partial charge in [0.1, 0.15) is 11.8 Å². The first-order valence-electron chi connectivity index (χ1n) is 9.54. The smallest absolute Gasteiger partial charge is 0.263 e. The summed E-state index contributed by atoms with van der Waals surface area (Å²) in [5, 5.41) is 9.13. The fraction of sp³-hybridized carbons (Fsp3) is 0.556. The van der Waals surface area contributed by atoms with Crippen LogP contribution in [0.4, 0.5) is 0 Å². The molecule has 3 rings (SSSR count). The molecule has 2 saturated heterocycles. The molecule has 2 heterocycles. The minimum atomic E-state index is -4.15. The zero-order chi connectivity index (χ0) is 21.7. The predicted molar refractivity (Wildman–Crippen MR) is 112 cm³/mol. The summed E-state index contributed by atoms with van der Waals surface area (Å²) in [6, 6.07) is 4.40. The molecule has 174 valence electrons. The highest BCUT2D eigenvalue weighted by Gasteiger charge is 2.43. The van der Waals surface area contributed by atoms with Gasteiger partial charge in [0.2, 0.25) is 15.9 Å². The van der Waals surface area contributed by atoms with Gasteiger partial charge >= 0.3 is 0 Å². The van der Waals surface area contributed by atoms with Gasteiger partial charge in [0.25, 0.3) is 5.91 Å². The van der Waals surface area contributed by atoms with E-state index in [1.807, 2.05) is 0 Å². The molecule has 0 radical (unpaired) electrons. The predicted octanol–water partition coefficient (Wildman–Crippen LogP) is -0.844. The number of benzene rings is 1. The van der Waals surface area contributed by atoms with Gasteiger partial charge in [0.15, 0.2) is 0 Å². The third-order valence-corrected chi connectivity index (χ3v) is 7.12. The van der Waals surface area contributed by atoms with E-state index in [0.29, 0.717) is 32.1 Å². The highest BCUT2D eigenvalue weighted by molar-refractivity contribution is 7.89. The number of ether oxygens (including phenoxy) is 2. The van der Waals surface area contributed by atoms with Crippen LogP contribution in [0.15, 0.2) is 29.2 Å². The summed E-state index contributed by atoms with van der Waals surface area (Å²) < 4.78 is 37.4. The molecule has 1 unspecified atom stereocenters. The highest BCUT2D eigenvalue weighted by Crippen LogP contribution is 2.24. The van der Waals surface area contributed by atoms with E-state index < -0.39 is 34.4 Å². The largest absolute Gasteiger partial charge is 0.497 e. The molecule has 1 atom stereocenters. The number of carbonyl (C=O) groups excluding carboxylic acids is 2. The van der Waals surface area contributed by atoms with E-state index in [1.165, 1.54) is 41.8 Å². The molecule has 31 heavy (non-hydrogen) atoms. The summed E-state index contributed by atoms with van der Waals surface area (Å²) in [6.07, 6.45) is 0. The van der Waals surface area contributed by atoms with Gasteiger partial charge in [-0.3, -0.25) is 19.7 Å². The van der Waals surface area contributed by atoms with Crippen LogP contribution < -0.4 is 10.2 Å². The van der Waals surface area contributed by atoms with Crippen LogP contribution in [0.25, 0.3) is 0 Å². The zero-order valence-electron chi connectivity index (χ0n) is 17.1. The van der Waals surface area contributed by atoms with Crippen LogP contribution in [-0.2, 0) is 24.3 Å². The maximum absolute atomic E-state index is 13.1. The average Bonchev–Trinajstić information content (AvgIpc) is 2.78. The van der Waals surface area contributed by atoms with Crippen LogP contribution >= 0.6 is 12.4 Å². The van der Waals surface area contributed by atoms with E-state index in [2.05, 4.69) is 4.90 Å². The third kappa shape index (κ3) is 5.84. The Bertz CT molecular complexity index is 862. The summed E-state index contributed by atoms with van der Waals surface area (Å²) in [4.78, 5) is 28.5. The number of rotatable bonds is 7. The topological polar surface area (TPSA) is 129 Å². The van der Waals surface area contributed by atoms with E-state index in [9.17, 15) is 18.0 Å². The van der Waals surface area contributed by atoms with Crippen LogP contribution in [0.1, 0.15) is 0 Å². The monoisotopic (exact) mass is 478 g/mol. The van der Waals surface area contributed by atoms with Crippen LogP contribution in [0, 0.1) is 0 Å². The number of hydrogen-bond acceptors (Lipinski definition) is 8. The fourth-order valence-corrected chi connectivity index (χ4v) is 5.00. The second-order valence-electron chi connectivity index (χ2n) is 7.01. The first-order chi connectivity index (χ1) is 14.4. The van der Waals surface area contributed by atoms with Crippen LogP contribution in [0.5, 0.6) is 5.75 Å². The van der Waals surface area contributed by atoms with Crippen molar-refractivity contribution in [2.24, 2.45) is 0 Å². The number of halogens is 1. The Labute approximate surface area is 187 Å². The van der Waals surface area contributed by atoms with Gasteiger partial charge in [0.05, 0.1) is 31.8 Å². The van der Waals surface area contributed by atoms with Gasteiger partial charge in [-0.2, -0.15) is 4.31 Å². The third-order valence-electron chi connectivity index (χ3n) is 5.25. The standard InChI is InChI=1S/C18H26N4O7S.ClH/c1-28-14-2-4-15(5-3-14)30(26,27)22-13-17(23)21(12-16(22)18(24)19-25)7-6-20-8-10-29-11-9-20;/h2-5,16,25H,6-13H2,1H3,(H,19,24);1H. The van der Waals surface area contributed by atoms with Crippen molar-refractivity contribution < 1.29 is 32.7 Å². The number of piperazine rings is 1. The van der Waals surface area contributed by atoms with E-state index in [4.69, 9.17) is 14.7 Å². The van der Waals surface area contributed by atoms with E-state index in [0.717, 1.165) is 17.4 Å². The Morgan fingerprint density at radius 2 is 1.87 bits per heavy atom.